The van der Waals surface area contributed by atoms with Gasteiger partial charge in [0.2, 0.25) is 5.91 Å². The Labute approximate surface area is 143 Å². The van der Waals surface area contributed by atoms with E-state index in [1.165, 1.54) is 0 Å². The minimum Gasteiger partial charge on any atom is -0.497 e. The zero-order valence-corrected chi connectivity index (χ0v) is 14.5. The van der Waals surface area contributed by atoms with Crippen LogP contribution < -0.4 is 14.8 Å². The Hall–Kier alpha value is -2.49. The van der Waals surface area contributed by atoms with Gasteiger partial charge in [0, 0.05) is 6.42 Å². The molecule has 0 heterocycles. The average Bonchev–Trinajstić information content (AvgIpc) is 2.61. The van der Waals surface area contributed by atoms with Gasteiger partial charge >= 0.3 is 0 Å². The number of ether oxygens (including phenoxy) is 2. The molecule has 0 unspecified atom stereocenters. The largest absolute Gasteiger partial charge is 0.497 e. The van der Waals surface area contributed by atoms with Crippen LogP contribution in [0.1, 0.15) is 43.9 Å². The Kier molecular flexibility index (Phi) is 6.67. The maximum absolute atomic E-state index is 12.1. The van der Waals surface area contributed by atoms with E-state index in [0.29, 0.717) is 13.0 Å². The molecule has 0 aliphatic carbocycles. The zero-order chi connectivity index (χ0) is 17.4. The molecule has 2 aromatic rings. The molecular formula is C20H25NO3. The number of benzene rings is 2. The molecule has 128 valence electrons. The predicted molar refractivity (Wildman–Crippen MR) is 95.5 cm³/mol. The average molecular weight is 327 g/mol. The first kappa shape index (κ1) is 17.9. The van der Waals surface area contributed by atoms with E-state index in [2.05, 4.69) is 5.32 Å². The van der Waals surface area contributed by atoms with Crippen molar-refractivity contribution in [2.45, 2.75) is 32.7 Å². The highest BCUT2D eigenvalue weighted by atomic mass is 16.5. The van der Waals surface area contributed by atoms with E-state index in [0.717, 1.165) is 29.0 Å². The molecule has 1 atom stereocenters. The second kappa shape index (κ2) is 8.96. The topological polar surface area (TPSA) is 47.6 Å². The molecule has 0 radical (unpaired) electrons. The van der Waals surface area contributed by atoms with Crippen molar-refractivity contribution in [2.75, 3.05) is 13.7 Å². The van der Waals surface area contributed by atoms with E-state index in [1.807, 2.05) is 62.4 Å². The van der Waals surface area contributed by atoms with Gasteiger partial charge in [0.25, 0.3) is 0 Å². The van der Waals surface area contributed by atoms with Gasteiger partial charge < -0.3 is 14.8 Å². The van der Waals surface area contributed by atoms with E-state index in [4.69, 9.17) is 9.47 Å². The van der Waals surface area contributed by atoms with Crippen molar-refractivity contribution < 1.29 is 14.3 Å². The van der Waals surface area contributed by atoms with Crippen LogP contribution >= 0.6 is 0 Å². The quantitative estimate of drug-likeness (QED) is 0.794. The first-order valence-electron chi connectivity index (χ1n) is 8.34. The van der Waals surface area contributed by atoms with Crippen molar-refractivity contribution >= 4 is 5.91 Å². The first-order chi connectivity index (χ1) is 11.7. The fourth-order valence-corrected chi connectivity index (χ4v) is 2.54. The highest BCUT2D eigenvalue weighted by Crippen LogP contribution is 2.26. The van der Waals surface area contributed by atoms with Gasteiger partial charge in [0.1, 0.15) is 11.5 Å². The van der Waals surface area contributed by atoms with Gasteiger partial charge in [0.15, 0.2) is 0 Å². The molecule has 0 aromatic heterocycles. The van der Waals surface area contributed by atoms with E-state index in [-0.39, 0.29) is 11.9 Å². The summed E-state index contributed by atoms with van der Waals surface area (Å²) in [6.45, 7) is 4.59. The number of amides is 1. The molecule has 2 rings (SSSR count). The van der Waals surface area contributed by atoms with Crippen LogP contribution in [0.5, 0.6) is 11.5 Å². The second-order valence-electron chi connectivity index (χ2n) is 5.53. The van der Waals surface area contributed by atoms with Crippen LogP contribution in [0.2, 0.25) is 0 Å². The molecule has 2 aromatic carbocycles. The molecule has 0 bridgehead atoms. The molecule has 0 fully saturated rings. The fourth-order valence-electron chi connectivity index (χ4n) is 2.54. The Balaban J connectivity index is 2.28. The molecule has 1 amide bonds. The highest BCUT2D eigenvalue weighted by molar-refractivity contribution is 5.77. The SMILES string of the molecule is CCCC(=O)N[C@H](c1ccc(OC)cc1)c1ccc(OCC)cc1. The normalized spacial score (nSPS) is 11.6. The molecule has 0 saturated carbocycles. The lowest BCUT2D eigenvalue weighted by Gasteiger charge is -2.20. The number of nitrogens with one attached hydrogen (secondary N) is 1. The maximum Gasteiger partial charge on any atom is 0.220 e. The summed E-state index contributed by atoms with van der Waals surface area (Å²) >= 11 is 0. The van der Waals surface area contributed by atoms with E-state index in [1.54, 1.807) is 7.11 Å². The van der Waals surface area contributed by atoms with Gasteiger partial charge in [-0.1, -0.05) is 31.2 Å². The third kappa shape index (κ3) is 4.75. The lowest BCUT2D eigenvalue weighted by molar-refractivity contribution is -0.121. The van der Waals surface area contributed by atoms with Crippen molar-refractivity contribution in [2.24, 2.45) is 0 Å². The van der Waals surface area contributed by atoms with Crippen LogP contribution in [0, 0.1) is 0 Å². The van der Waals surface area contributed by atoms with Crippen LogP contribution in [-0.4, -0.2) is 19.6 Å². The first-order valence-corrected chi connectivity index (χ1v) is 8.34. The van der Waals surface area contributed by atoms with Crippen LogP contribution in [0.15, 0.2) is 48.5 Å². The van der Waals surface area contributed by atoms with Crippen LogP contribution in [0.25, 0.3) is 0 Å². The fraction of sp³-hybridized carbons (Fsp3) is 0.350. The lowest BCUT2D eigenvalue weighted by atomic mass is 9.98. The minimum absolute atomic E-state index is 0.0483. The van der Waals surface area contributed by atoms with E-state index >= 15 is 0 Å². The third-order valence-electron chi connectivity index (χ3n) is 3.76. The summed E-state index contributed by atoms with van der Waals surface area (Å²) in [5.41, 5.74) is 2.04. The number of methoxy groups -OCH3 is 1. The summed E-state index contributed by atoms with van der Waals surface area (Å²) in [6, 6.07) is 15.4. The number of hydrogen-bond acceptors (Lipinski definition) is 3. The van der Waals surface area contributed by atoms with E-state index < -0.39 is 0 Å². The van der Waals surface area contributed by atoms with Crippen LogP contribution in [-0.2, 0) is 4.79 Å². The molecular weight excluding hydrogens is 302 g/mol. The number of carbonyl (C=O) groups excluding carboxylic acids is 1. The maximum atomic E-state index is 12.1. The van der Waals surface area contributed by atoms with Crippen molar-refractivity contribution in [3.05, 3.63) is 59.7 Å². The molecule has 4 nitrogen and oxygen atoms in total. The molecule has 1 N–H and O–H groups in total. The number of hydrogen-bond donors (Lipinski definition) is 1. The molecule has 0 aliphatic rings. The van der Waals surface area contributed by atoms with Gasteiger partial charge in [0.05, 0.1) is 19.8 Å². The summed E-state index contributed by atoms with van der Waals surface area (Å²) in [5, 5.41) is 3.12. The smallest absolute Gasteiger partial charge is 0.220 e. The molecule has 0 saturated heterocycles. The molecule has 4 heteroatoms. The standard InChI is InChI=1S/C20H25NO3/c1-4-6-19(22)21-20(15-7-11-17(23-3)12-8-15)16-9-13-18(14-10-16)24-5-2/h7-14,20H,4-6H2,1-3H3,(H,21,22)/t20-/m1/s1. The lowest BCUT2D eigenvalue weighted by Crippen LogP contribution is -2.28. The van der Waals surface area contributed by atoms with Gasteiger partial charge in [-0.05, 0) is 48.7 Å². The summed E-state index contributed by atoms with van der Waals surface area (Å²) in [4.78, 5) is 12.1. The van der Waals surface area contributed by atoms with Gasteiger partial charge in [-0.25, -0.2) is 0 Å². The second-order valence-corrected chi connectivity index (χ2v) is 5.53. The third-order valence-corrected chi connectivity index (χ3v) is 3.76. The Morgan fingerprint density at radius 1 is 0.958 bits per heavy atom. The van der Waals surface area contributed by atoms with Crippen molar-refractivity contribution in [3.8, 4) is 11.5 Å². The summed E-state index contributed by atoms with van der Waals surface area (Å²) in [5.74, 6) is 1.67. The van der Waals surface area contributed by atoms with Crippen LogP contribution in [0.4, 0.5) is 0 Å². The van der Waals surface area contributed by atoms with Gasteiger partial charge in [-0.2, -0.15) is 0 Å². The Bertz CT molecular complexity index is 635. The number of carbonyl (C=O) groups is 1. The molecule has 24 heavy (non-hydrogen) atoms. The van der Waals surface area contributed by atoms with Crippen molar-refractivity contribution in [1.82, 2.24) is 5.32 Å². The minimum atomic E-state index is -0.189. The summed E-state index contributed by atoms with van der Waals surface area (Å²) < 4.78 is 10.7. The van der Waals surface area contributed by atoms with Gasteiger partial charge in [-0.3, -0.25) is 4.79 Å². The summed E-state index contributed by atoms with van der Waals surface area (Å²) in [6.07, 6.45) is 1.34. The zero-order valence-electron chi connectivity index (χ0n) is 14.5. The van der Waals surface area contributed by atoms with Crippen molar-refractivity contribution in [1.29, 1.82) is 0 Å². The highest BCUT2D eigenvalue weighted by Gasteiger charge is 2.17. The number of rotatable bonds is 8. The predicted octanol–water partition coefficient (Wildman–Crippen LogP) is 4.10. The van der Waals surface area contributed by atoms with E-state index in [9.17, 15) is 4.79 Å². The molecule has 0 aliphatic heterocycles. The monoisotopic (exact) mass is 327 g/mol. The Morgan fingerprint density at radius 3 is 1.96 bits per heavy atom. The van der Waals surface area contributed by atoms with Crippen molar-refractivity contribution in [3.63, 3.8) is 0 Å². The van der Waals surface area contributed by atoms with Gasteiger partial charge in [-0.15, -0.1) is 0 Å². The summed E-state index contributed by atoms with van der Waals surface area (Å²) in [7, 11) is 1.64. The molecule has 0 spiro atoms. The Morgan fingerprint density at radius 2 is 1.50 bits per heavy atom. The van der Waals surface area contributed by atoms with Crippen LogP contribution in [0.3, 0.4) is 0 Å².